The van der Waals surface area contributed by atoms with Crippen LogP contribution in [0.3, 0.4) is 0 Å². The molecule has 2 aromatic carbocycles. The van der Waals surface area contributed by atoms with Crippen LogP contribution in [-0.4, -0.2) is 11.7 Å². The van der Waals surface area contributed by atoms with Crippen molar-refractivity contribution in [1.29, 1.82) is 0 Å². The molecule has 1 N–H and O–H groups in total. The van der Waals surface area contributed by atoms with Gasteiger partial charge in [0.2, 0.25) is 5.91 Å². The largest absolute Gasteiger partial charge is 0.325 e. The molecule has 122 valence electrons. The van der Waals surface area contributed by atoms with Gasteiger partial charge in [0.25, 0.3) is 0 Å². The van der Waals surface area contributed by atoms with Gasteiger partial charge in [-0.3, -0.25) is 4.79 Å². The van der Waals surface area contributed by atoms with Crippen molar-refractivity contribution in [2.45, 2.75) is 31.1 Å². The summed E-state index contributed by atoms with van der Waals surface area (Å²) in [5.74, 6) is -0.926. The number of carbonyl (C=O) groups is 1. The maximum absolute atomic E-state index is 13.5. The number of rotatable bonds is 6. The highest BCUT2D eigenvalue weighted by atomic mass is 32.2. The van der Waals surface area contributed by atoms with Crippen LogP contribution in [0.25, 0.3) is 0 Å². The Labute approximate surface area is 139 Å². The van der Waals surface area contributed by atoms with Crippen LogP contribution in [0.1, 0.15) is 31.7 Å². The monoisotopic (exact) mass is 335 g/mol. The summed E-state index contributed by atoms with van der Waals surface area (Å²) in [4.78, 5) is 12.2. The average Bonchev–Trinajstić information content (AvgIpc) is 2.55. The SMILES string of the molecule is CC[C@@H](C)c1ccccc1NC(=O)CSc1cc(F)ccc1F. The van der Waals surface area contributed by atoms with Crippen LogP contribution in [0, 0.1) is 11.6 Å². The van der Waals surface area contributed by atoms with Crippen molar-refractivity contribution in [3.8, 4) is 0 Å². The summed E-state index contributed by atoms with van der Waals surface area (Å²) in [5, 5.41) is 2.85. The fraction of sp³-hybridized carbons (Fsp3) is 0.278. The van der Waals surface area contributed by atoms with Crippen LogP contribution in [0.5, 0.6) is 0 Å². The Morgan fingerprint density at radius 3 is 2.70 bits per heavy atom. The van der Waals surface area contributed by atoms with E-state index in [9.17, 15) is 13.6 Å². The minimum absolute atomic E-state index is 0.0230. The molecule has 0 unspecified atom stereocenters. The molecule has 2 nitrogen and oxygen atoms in total. The minimum atomic E-state index is -0.524. The van der Waals surface area contributed by atoms with Crippen LogP contribution < -0.4 is 5.32 Å². The van der Waals surface area contributed by atoms with Gasteiger partial charge in [-0.1, -0.05) is 32.0 Å². The molecule has 23 heavy (non-hydrogen) atoms. The van der Waals surface area contributed by atoms with E-state index < -0.39 is 11.6 Å². The van der Waals surface area contributed by atoms with Crippen LogP contribution in [0.2, 0.25) is 0 Å². The summed E-state index contributed by atoms with van der Waals surface area (Å²) in [5.41, 5.74) is 1.84. The van der Waals surface area contributed by atoms with Crippen LogP contribution in [0.15, 0.2) is 47.4 Å². The molecule has 0 spiro atoms. The van der Waals surface area contributed by atoms with Gasteiger partial charge in [-0.15, -0.1) is 11.8 Å². The number of thioether (sulfide) groups is 1. The van der Waals surface area contributed by atoms with E-state index in [4.69, 9.17) is 0 Å². The van der Waals surface area contributed by atoms with Gasteiger partial charge < -0.3 is 5.32 Å². The Morgan fingerprint density at radius 1 is 1.22 bits per heavy atom. The third-order valence-corrected chi connectivity index (χ3v) is 4.66. The number of halogens is 2. The van der Waals surface area contributed by atoms with Gasteiger partial charge >= 0.3 is 0 Å². The zero-order chi connectivity index (χ0) is 16.8. The first-order chi connectivity index (χ1) is 11.0. The van der Waals surface area contributed by atoms with Gasteiger partial charge in [-0.05, 0) is 42.2 Å². The second-order valence-electron chi connectivity index (χ2n) is 5.31. The van der Waals surface area contributed by atoms with Crippen LogP contribution in [0.4, 0.5) is 14.5 Å². The van der Waals surface area contributed by atoms with E-state index in [0.717, 1.165) is 47.6 Å². The molecule has 2 rings (SSSR count). The van der Waals surface area contributed by atoms with E-state index in [1.54, 1.807) is 0 Å². The standard InChI is InChI=1S/C18H19F2NOS/c1-3-12(2)14-6-4-5-7-16(14)21-18(22)11-23-17-10-13(19)8-9-15(17)20/h4-10,12H,3,11H2,1-2H3,(H,21,22)/t12-/m1/s1. The van der Waals surface area contributed by atoms with E-state index in [1.165, 1.54) is 0 Å². The third-order valence-electron chi connectivity index (χ3n) is 3.63. The summed E-state index contributed by atoms with van der Waals surface area (Å²) in [6.45, 7) is 4.19. The molecule has 0 heterocycles. The lowest BCUT2D eigenvalue weighted by molar-refractivity contribution is -0.113. The van der Waals surface area contributed by atoms with Crippen molar-refractivity contribution in [3.63, 3.8) is 0 Å². The quantitative estimate of drug-likeness (QED) is 0.734. The first-order valence-electron chi connectivity index (χ1n) is 7.48. The average molecular weight is 335 g/mol. The number of para-hydroxylation sites is 1. The molecule has 1 amide bonds. The first kappa shape index (κ1) is 17.5. The first-order valence-corrected chi connectivity index (χ1v) is 8.46. The lowest BCUT2D eigenvalue weighted by Gasteiger charge is -2.15. The highest BCUT2D eigenvalue weighted by molar-refractivity contribution is 8.00. The van der Waals surface area contributed by atoms with Crippen molar-refractivity contribution in [2.75, 3.05) is 11.1 Å². The maximum Gasteiger partial charge on any atom is 0.234 e. The molecule has 0 saturated carbocycles. The Balaban J connectivity index is 2.02. The van der Waals surface area contributed by atoms with Gasteiger partial charge in [0.15, 0.2) is 0 Å². The van der Waals surface area contributed by atoms with Crippen molar-refractivity contribution in [1.82, 2.24) is 0 Å². The Hall–Kier alpha value is -1.88. The number of benzene rings is 2. The zero-order valence-corrected chi connectivity index (χ0v) is 13.9. The molecule has 0 aliphatic carbocycles. The molecule has 1 atom stereocenters. The third kappa shape index (κ3) is 4.79. The molecule has 0 aliphatic rings. The lowest BCUT2D eigenvalue weighted by Crippen LogP contribution is -2.16. The fourth-order valence-corrected chi connectivity index (χ4v) is 2.94. The van der Waals surface area contributed by atoms with Crippen molar-refractivity contribution >= 4 is 23.4 Å². The second-order valence-corrected chi connectivity index (χ2v) is 6.33. The van der Waals surface area contributed by atoms with E-state index in [-0.39, 0.29) is 16.6 Å². The number of hydrogen-bond acceptors (Lipinski definition) is 2. The Bertz CT molecular complexity index is 690. The molecule has 0 saturated heterocycles. The summed E-state index contributed by atoms with van der Waals surface area (Å²) in [6, 6.07) is 10.9. The molecular weight excluding hydrogens is 316 g/mol. The van der Waals surface area contributed by atoms with E-state index in [0.29, 0.717) is 5.92 Å². The highest BCUT2D eigenvalue weighted by Gasteiger charge is 2.12. The normalized spacial score (nSPS) is 12.0. The molecule has 0 fully saturated rings. The number of amides is 1. The molecule has 2 aromatic rings. The van der Waals surface area contributed by atoms with Gasteiger partial charge in [-0.2, -0.15) is 0 Å². The number of carbonyl (C=O) groups excluding carboxylic acids is 1. The predicted molar refractivity (Wildman–Crippen MR) is 90.9 cm³/mol. The highest BCUT2D eigenvalue weighted by Crippen LogP contribution is 2.27. The van der Waals surface area contributed by atoms with Gasteiger partial charge in [0.1, 0.15) is 11.6 Å². The van der Waals surface area contributed by atoms with Crippen molar-refractivity contribution in [3.05, 3.63) is 59.7 Å². The molecular formula is C18H19F2NOS. The minimum Gasteiger partial charge on any atom is -0.325 e. The molecule has 0 aromatic heterocycles. The van der Waals surface area contributed by atoms with Crippen molar-refractivity contribution in [2.24, 2.45) is 0 Å². The Morgan fingerprint density at radius 2 is 1.96 bits per heavy atom. The van der Waals surface area contributed by atoms with Gasteiger partial charge in [-0.25, -0.2) is 8.78 Å². The van der Waals surface area contributed by atoms with Crippen LogP contribution >= 0.6 is 11.8 Å². The number of hydrogen-bond donors (Lipinski definition) is 1. The second kappa shape index (κ2) is 8.11. The zero-order valence-electron chi connectivity index (χ0n) is 13.1. The lowest BCUT2D eigenvalue weighted by atomic mass is 9.97. The molecule has 5 heteroatoms. The summed E-state index contributed by atoms with van der Waals surface area (Å²) >= 11 is 0.982. The van der Waals surface area contributed by atoms with Gasteiger partial charge in [0, 0.05) is 10.6 Å². The predicted octanol–water partition coefficient (Wildman–Crippen LogP) is 5.21. The van der Waals surface area contributed by atoms with E-state index in [1.807, 2.05) is 24.3 Å². The summed E-state index contributed by atoms with van der Waals surface area (Å²) in [6.07, 6.45) is 0.968. The smallest absolute Gasteiger partial charge is 0.234 e. The molecule has 0 radical (unpaired) electrons. The maximum atomic E-state index is 13.5. The topological polar surface area (TPSA) is 29.1 Å². The molecule has 0 aliphatic heterocycles. The van der Waals surface area contributed by atoms with Crippen molar-refractivity contribution < 1.29 is 13.6 Å². The van der Waals surface area contributed by atoms with Gasteiger partial charge in [0.05, 0.1) is 5.75 Å². The van der Waals surface area contributed by atoms with Crippen LogP contribution in [-0.2, 0) is 4.79 Å². The number of anilines is 1. The summed E-state index contributed by atoms with van der Waals surface area (Å²) < 4.78 is 26.7. The number of nitrogens with one attached hydrogen (secondary N) is 1. The van der Waals surface area contributed by atoms with E-state index in [2.05, 4.69) is 19.2 Å². The Kier molecular flexibility index (Phi) is 6.16. The van der Waals surface area contributed by atoms with E-state index >= 15 is 0 Å². The molecule has 0 bridgehead atoms. The fourth-order valence-electron chi connectivity index (χ4n) is 2.18. The summed E-state index contributed by atoms with van der Waals surface area (Å²) in [7, 11) is 0.